The number of benzene rings is 1. The Morgan fingerprint density at radius 2 is 2.26 bits per heavy atom. The van der Waals surface area contributed by atoms with Gasteiger partial charge in [-0.2, -0.15) is 0 Å². The number of nitro benzene ring substituents is 1. The molecule has 2 N–H and O–H groups in total. The number of hydrogen-bond donors (Lipinski definition) is 1. The highest BCUT2D eigenvalue weighted by molar-refractivity contribution is 5.73. The molecule has 19 heavy (non-hydrogen) atoms. The van der Waals surface area contributed by atoms with Crippen molar-refractivity contribution in [3.05, 3.63) is 39.7 Å². The smallest absolute Gasteiger partial charge is 0.309 e. The van der Waals surface area contributed by atoms with E-state index in [0.29, 0.717) is 0 Å². The van der Waals surface area contributed by atoms with Gasteiger partial charge in [-0.25, -0.2) is 4.39 Å². The Morgan fingerprint density at radius 1 is 1.58 bits per heavy atom. The van der Waals surface area contributed by atoms with Crippen LogP contribution in [0.2, 0.25) is 0 Å². The lowest BCUT2D eigenvalue weighted by molar-refractivity contribution is -0.384. The molecule has 0 aromatic heterocycles. The molecule has 102 valence electrons. The summed E-state index contributed by atoms with van der Waals surface area (Å²) in [6.07, 6.45) is 2.84. The standard InChI is InChI=1S/C12H13FN2O4/c1-2-19-11(16)5-3-4-8-6-9(13)12(14)10(7-8)15(17)18/h3-4,6-7H,2,5,14H2,1H3. The Bertz CT molecular complexity index is 529. The molecule has 0 aliphatic carbocycles. The van der Waals surface area contributed by atoms with Gasteiger partial charge in [-0.1, -0.05) is 12.2 Å². The minimum Gasteiger partial charge on any atom is -0.466 e. The van der Waals surface area contributed by atoms with Gasteiger partial charge >= 0.3 is 5.97 Å². The summed E-state index contributed by atoms with van der Waals surface area (Å²) in [7, 11) is 0. The molecule has 0 saturated heterocycles. The largest absolute Gasteiger partial charge is 0.466 e. The van der Waals surface area contributed by atoms with Gasteiger partial charge in [-0.15, -0.1) is 0 Å². The van der Waals surface area contributed by atoms with Crippen molar-refractivity contribution in [2.45, 2.75) is 13.3 Å². The van der Waals surface area contributed by atoms with Crippen molar-refractivity contribution in [1.82, 2.24) is 0 Å². The Morgan fingerprint density at radius 3 is 2.84 bits per heavy atom. The van der Waals surface area contributed by atoms with Gasteiger partial charge in [0.05, 0.1) is 18.0 Å². The molecular formula is C12H13FN2O4. The molecule has 0 amide bonds. The molecular weight excluding hydrogens is 255 g/mol. The van der Waals surface area contributed by atoms with Crippen molar-refractivity contribution >= 4 is 23.4 Å². The van der Waals surface area contributed by atoms with Crippen LogP contribution >= 0.6 is 0 Å². The first-order valence-electron chi connectivity index (χ1n) is 5.51. The molecule has 0 atom stereocenters. The number of esters is 1. The van der Waals surface area contributed by atoms with E-state index in [0.717, 1.165) is 12.1 Å². The van der Waals surface area contributed by atoms with E-state index >= 15 is 0 Å². The van der Waals surface area contributed by atoms with Crippen molar-refractivity contribution in [3.63, 3.8) is 0 Å². The average molecular weight is 268 g/mol. The first-order valence-corrected chi connectivity index (χ1v) is 5.51. The first kappa shape index (κ1) is 14.6. The van der Waals surface area contributed by atoms with Crippen LogP contribution in [0.5, 0.6) is 0 Å². The first-order chi connectivity index (χ1) is 8.95. The van der Waals surface area contributed by atoms with Crippen LogP contribution in [-0.4, -0.2) is 17.5 Å². The molecule has 6 nitrogen and oxygen atoms in total. The topological polar surface area (TPSA) is 95.5 Å². The zero-order valence-electron chi connectivity index (χ0n) is 10.3. The Labute approximate surface area is 108 Å². The summed E-state index contributed by atoms with van der Waals surface area (Å²) in [6.45, 7) is 1.95. The molecule has 0 bridgehead atoms. The molecule has 0 aliphatic rings. The third-order valence-electron chi connectivity index (χ3n) is 2.23. The fraction of sp³-hybridized carbons (Fsp3) is 0.250. The van der Waals surface area contributed by atoms with Gasteiger partial charge < -0.3 is 10.5 Å². The van der Waals surface area contributed by atoms with E-state index in [1.165, 1.54) is 12.2 Å². The number of carbonyl (C=O) groups is 1. The van der Waals surface area contributed by atoms with Crippen LogP contribution in [0.3, 0.4) is 0 Å². The van der Waals surface area contributed by atoms with Gasteiger partial charge in [0, 0.05) is 6.07 Å². The molecule has 0 aliphatic heterocycles. The average Bonchev–Trinajstić information content (AvgIpc) is 2.33. The van der Waals surface area contributed by atoms with Gasteiger partial charge in [-0.05, 0) is 18.6 Å². The van der Waals surface area contributed by atoms with E-state index in [-0.39, 0.29) is 18.6 Å². The monoisotopic (exact) mass is 268 g/mol. The van der Waals surface area contributed by atoms with Gasteiger partial charge in [-0.3, -0.25) is 14.9 Å². The second-order valence-electron chi connectivity index (χ2n) is 3.60. The van der Waals surface area contributed by atoms with Gasteiger partial charge in [0.1, 0.15) is 5.69 Å². The predicted molar refractivity (Wildman–Crippen MR) is 67.8 cm³/mol. The number of nitro groups is 1. The Kier molecular flexibility index (Phi) is 4.99. The number of halogens is 1. The van der Waals surface area contributed by atoms with E-state index < -0.39 is 28.1 Å². The van der Waals surface area contributed by atoms with Crippen LogP contribution in [0.15, 0.2) is 18.2 Å². The van der Waals surface area contributed by atoms with Crippen molar-refractivity contribution in [2.75, 3.05) is 12.3 Å². The molecule has 0 spiro atoms. The lowest BCUT2D eigenvalue weighted by Crippen LogP contribution is -2.01. The quantitative estimate of drug-likeness (QED) is 0.382. The maximum Gasteiger partial charge on any atom is 0.309 e. The third-order valence-corrected chi connectivity index (χ3v) is 2.23. The molecule has 0 unspecified atom stereocenters. The van der Waals surface area contributed by atoms with Crippen molar-refractivity contribution in [1.29, 1.82) is 0 Å². The maximum atomic E-state index is 13.4. The number of ether oxygens (including phenoxy) is 1. The van der Waals surface area contributed by atoms with Crippen molar-refractivity contribution in [3.8, 4) is 0 Å². The summed E-state index contributed by atoms with van der Waals surface area (Å²) in [4.78, 5) is 20.9. The zero-order chi connectivity index (χ0) is 14.4. The molecule has 1 rings (SSSR count). The minimum atomic E-state index is -0.870. The van der Waals surface area contributed by atoms with E-state index in [4.69, 9.17) is 10.5 Å². The molecule has 0 radical (unpaired) electrons. The maximum absolute atomic E-state index is 13.4. The predicted octanol–water partition coefficient (Wildman–Crippen LogP) is 2.28. The molecule has 0 heterocycles. The second-order valence-corrected chi connectivity index (χ2v) is 3.60. The summed E-state index contributed by atoms with van der Waals surface area (Å²) in [5.41, 5.74) is 4.50. The fourth-order valence-electron chi connectivity index (χ4n) is 1.38. The molecule has 0 saturated carbocycles. The number of nitrogens with two attached hydrogens (primary N) is 1. The van der Waals surface area contributed by atoms with Gasteiger partial charge in [0.2, 0.25) is 0 Å². The van der Waals surface area contributed by atoms with Crippen LogP contribution < -0.4 is 5.73 Å². The summed E-state index contributed by atoms with van der Waals surface area (Å²) in [5, 5.41) is 10.7. The number of anilines is 1. The summed E-state index contributed by atoms with van der Waals surface area (Å²) in [6, 6.07) is 2.20. The molecule has 7 heteroatoms. The molecule has 1 aromatic carbocycles. The molecule has 1 aromatic rings. The van der Waals surface area contributed by atoms with Crippen molar-refractivity contribution < 1.29 is 18.8 Å². The van der Waals surface area contributed by atoms with Crippen LogP contribution in [0.4, 0.5) is 15.8 Å². The highest BCUT2D eigenvalue weighted by Gasteiger charge is 2.16. The van der Waals surface area contributed by atoms with Gasteiger partial charge in [0.25, 0.3) is 5.69 Å². The number of nitrogens with zero attached hydrogens (tertiary/aromatic N) is 1. The fourth-order valence-corrected chi connectivity index (χ4v) is 1.38. The van der Waals surface area contributed by atoms with Crippen LogP contribution in [0, 0.1) is 15.9 Å². The molecule has 0 fully saturated rings. The van der Waals surface area contributed by atoms with Crippen LogP contribution in [0.1, 0.15) is 18.9 Å². The number of carbonyl (C=O) groups excluding carboxylic acids is 1. The normalized spacial score (nSPS) is 10.6. The zero-order valence-corrected chi connectivity index (χ0v) is 10.3. The van der Waals surface area contributed by atoms with E-state index in [2.05, 4.69) is 0 Å². The number of nitrogen functional groups attached to an aromatic ring is 1. The van der Waals surface area contributed by atoms with Gasteiger partial charge in [0.15, 0.2) is 5.82 Å². The van der Waals surface area contributed by atoms with Crippen LogP contribution in [-0.2, 0) is 9.53 Å². The SMILES string of the molecule is CCOC(=O)CC=Cc1cc(F)c(N)c([N+](=O)[O-])c1. The van der Waals surface area contributed by atoms with E-state index in [1.807, 2.05) is 0 Å². The highest BCUT2D eigenvalue weighted by atomic mass is 19.1. The summed E-state index contributed by atoms with van der Waals surface area (Å²) in [5.74, 6) is -1.30. The minimum absolute atomic E-state index is 0.00757. The number of rotatable bonds is 5. The lowest BCUT2D eigenvalue weighted by atomic mass is 10.1. The highest BCUT2D eigenvalue weighted by Crippen LogP contribution is 2.26. The van der Waals surface area contributed by atoms with E-state index in [1.54, 1.807) is 6.92 Å². The second kappa shape index (κ2) is 6.48. The van der Waals surface area contributed by atoms with E-state index in [9.17, 15) is 19.3 Å². The third kappa shape index (κ3) is 4.06. The number of hydrogen-bond acceptors (Lipinski definition) is 5. The Hall–Kier alpha value is -2.44. The van der Waals surface area contributed by atoms with Crippen LogP contribution in [0.25, 0.3) is 6.08 Å². The Balaban J connectivity index is 2.88. The summed E-state index contributed by atoms with van der Waals surface area (Å²) >= 11 is 0. The lowest BCUT2D eigenvalue weighted by Gasteiger charge is -2.01. The summed E-state index contributed by atoms with van der Waals surface area (Å²) < 4.78 is 18.0. The van der Waals surface area contributed by atoms with Crippen molar-refractivity contribution in [2.24, 2.45) is 0 Å².